The van der Waals surface area contributed by atoms with E-state index >= 15 is 0 Å². The van der Waals surface area contributed by atoms with Crippen LogP contribution < -0.4 is 0 Å². The van der Waals surface area contributed by atoms with E-state index in [1.807, 2.05) is 0 Å². The predicted molar refractivity (Wildman–Crippen MR) is 95.3 cm³/mol. The molecule has 24 heavy (non-hydrogen) atoms. The molecule has 0 aromatic rings. The molecule has 2 saturated heterocycles. The fourth-order valence-electron chi connectivity index (χ4n) is 3.16. The van der Waals surface area contributed by atoms with Crippen molar-refractivity contribution < 1.29 is 9.59 Å². The average Bonchev–Trinajstić information content (AvgIpc) is 2.52. The molecule has 0 bridgehead atoms. The number of nitrogens with zero attached hydrogens (tertiary/aromatic N) is 2. The molecule has 0 aromatic carbocycles. The minimum Gasteiger partial charge on any atom is -0.300 e. The number of rotatable bonds is 2. The summed E-state index contributed by atoms with van der Waals surface area (Å²) in [5, 5.41) is 0. The van der Waals surface area contributed by atoms with Gasteiger partial charge in [0, 0.05) is 51.9 Å². The van der Waals surface area contributed by atoms with Crippen LogP contribution in [0.25, 0.3) is 0 Å². The van der Waals surface area contributed by atoms with E-state index in [0.717, 1.165) is 26.2 Å². The minimum atomic E-state index is -0.267. The monoisotopic (exact) mass is 328 g/mol. The third kappa shape index (κ3) is 4.94. The largest absolute Gasteiger partial charge is 0.300 e. The molecule has 4 heteroatoms. The molecule has 2 heterocycles. The van der Waals surface area contributed by atoms with E-state index in [9.17, 15) is 9.59 Å². The van der Waals surface area contributed by atoms with Gasteiger partial charge >= 0.3 is 0 Å². The lowest BCUT2D eigenvalue weighted by molar-refractivity contribution is -0.123. The van der Waals surface area contributed by atoms with Gasteiger partial charge in [-0.25, -0.2) is 0 Å². The summed E-state index contributed by atoms with van der Waals surface area (Å²) in [5.41, 5.74) is -0.534. The van der Waals surface area contributed by atoms with Gasteiger partial charge in [-0.1, -0.05) is 11.8 Å². The topological polar surface area (TPSA) is 40.6 Å². The molecular formula is C20H28N2O2. The first-order valence-electron chi connectivity index (χ1n) is 8.78. The van der Waals surface area contributed by atoms with Crippen molar-refractivity contribution in [3.05, 3.63) is 0 Å². The van der Waals surface area contributed by atoms with Gasteiger partial charge in [-0.3, -0.25) is 19.4 Å². The number of carbonyl (C=O) groups is 2. The Hall–Kier alpha value is -1.62. The van der Waals surface area contributed by atoms with E-state index in [0.29, 0.717) is 37.2 Å². The van der Waals surface area contributed by atoms with Gasteiger partial charge in [0.1, 0.15) is 11.6 Å². The summed E-state index contributed by atoms with van der Waals surface area (Å²) in [6, 6.07) is 0. The Balaban J connectivity index is 1.97. The van der Waals surface area contributed by atoms with Crippen molar-refractivity contribution in [3.63, 3.8) is 0 Å². The Kier molecular flexibility index (Phi) is 5.86. The Bertz CT molecular complexity index is 549. The molecule has 0 radical (unpaired) electrons. The fourth-order valence-corrected chi connectivity index (χ4v) is 3.16. The predicted octanol–water partition coefficient (Wildman–Crippen LogP) is 1.88. The van der Waals surface area contributed by atoms with Gasteiger partial charge in [-0.05, 0) is 39.5 Å². The molecule has 2 aliphatic rings. The van der Waals surface area contributed by atoms with Crippen LogP contribution in [0, 0.1) is 23.7 Å². The highest BCUT2D eigenvalue weighted by Gasteiger charge is 2.29. The molecular weight excluding hydrogens is 300 g/mol. The number of piperidine rings is 2. The molecule has 0 aliphatic carbocycles. The standard InChI is InChI=1S/C20H28N2O2/c1-19(2,21-13-7-17(23)8-14-21)11-5-6-12-20(3,4)22-15-9-18(24)10-16-22/h7-10,13-16H2,1-4H3. The zero-order chi connectivity index (χ0) is 17.8. The quantitative estimate of drug-likeness (QED) is 0.726. The van der Waals surface area contributed by atoms with E-state index in [1.165, 1.54) is 0 Å². The Morgan fingerprint density at radius 2 is 0.958 bits per heavy atom. The van der Waals surface area contributed by atoms with Gasteiger partial charge in [0.15, 0.2) is 0 Å². The van der Waals surface area contributed by atoms with Crippen LogP contribution in [0.5, 0.6) is 0 Å². The Labute approximate surface area is 146 Å². The number of hydrogen-bond acceptors (Lipinski definition) is 4. The smallest absolute Gasteiger partial charge is 0.135 e. The SMILES string of the molecule is CC(C)(C#CC#CC(C)(C)N1CCC(=O)CC1)N1CCC(=O)CC1. The number of carbonyl (C=O) groups excluding carboxylic acids is 2. The Morgan fingerprint density at radius 3 is 1.25 bits per heavy atom. The molecule has 0 spiro atoms. The summed E-state index contributed by atoms with van der Waals surface area (Å²) in [7, 11) is 0. The lowest BCUT2D eigenvalue weighted by Crippen LogP contribution is -2.47. The van der Waals surface area contributed by atoms with Gasteiger partial charge in [0.05, 0.1) is 11.1 Å². The first-order chi connectivity index (χ1) is 11.2. The van der Waals surface area contributed by atoms with Gasteiger partial charge in [-0.2, -0.15) is 0 Å². The molecule has 0 unspecified atom stereocenters. The van der Waals surface area contributed by atoms with Crippen molar-refractivity contribution >= 4 is 11.6 Å². The molecule has 0 amide bonds. The van der Waals surface area contributed by atoms with Gasteiger partial charge < -0.3 is 0 Å². The van der Waals surface area contributed by atoms with Crippen LogP contribution in [0.15, 0.2) is 0 Å². The van der Waals surface area contributed by atoms with E-state index in [1.54, 1.807) is 0 Å². The highest BCUT2D eigenvalue weighted by molar-refractivity contribution is 5.79. The van der Waals surface area contributed by atoms with Gasteiger partial charge in [0.25, 0.3) is 0 Å². The third-order valence-electron chi connectivity index (χ3n) is 5.02. The van der Waals surface area contributed by atoms with E-state index < -0.39 is 0 Å². The lowest BCUT2D eigenvalue weighted by Gasteiger charge is -2.37. The zero-order valence-corrected chi connectivity index (χ0v) is 15.4. The molecule has 0 atom stereocenters. The Morgan fingerprint density at radius 1 is 0.667 bits per heavy atom. The summed E-state index contributed by atoms with van der Waals surface area (Å²) in [6.45, 7) is 11.4. The van der Waals surface area contributed by atoms with Crippen molar-refractivity contribution in [2.24, 2.45) is 0 Å². The minimum absolute atomic E-state index is 0.267. The van der Waals surface area contributed by atoms with Crippen LogP contribution in [0.4, 0.5) is 0 Å². The molecule has 0 N–H and O–H groups in total. The fraction of sp³-hybridized carbons (Fsp3) is 0.700. The van der Waals surface area contributed by atoms with Crippen LogP contribution in [-0.4, -0.2) is 58.6 Å². The van der Waals surface area contributed by atoms with Crippen LogP contribution in [0.3, 0.4) is 0 Å². The molecule has 0 aromatic heterocycles. The van der Waals surface area contributed by atoms with Gasteiger partial charge in [0.2, 0.25) is 0 Å². The number of ketones is 2. The first-order valence-corrected chi connectivity index (χ1v) is 8.78. The van der Waals surface area contributed by atoms with E-state index in [2.05, 4.69) is 61.2 Å². The maximum absolute atomic E-state index is 11.4. The summed E-state index contributed by atoms with van der Waals surface area (Å²) >= 11 is 0. The van der Waals surface area contributed by atoms with Crippen molar-refractivity contribution in [3.8, 4) is 23.7 Å². The summed E-state index contributed by atoms with van der Waals surface area (Å²) < 4.78 is 0. The van der Waals surface area contributed by atoms with Gasteiger partial charge in [-0.15, -0.1) is 0 Å². The molecule has 130 valence electrons. The van der Waals surface area contributed by atoms with E-state index in [-0.39, 0.29) is 11.1 Å². The van der Waals surface area contributed by atoms with E-state index in [4.69, 9.17) is 0 Å². The lowest BCUT2D eigenvalue weighted by atomic mass is 9.98. The van der Waals surface area contributed by atoms with Crippen LogP contribution in [-0.2, 0) is 9.59 Å². The van der Waals surface area contributed by atoms with Crippen LogP contribution >= 0.6 is 0 Å². The summed E-state index contributed by atoms with van der Waals surface area (Å²) in [6.07, 6.45) is 2.49. The second-order valence-corrected chi connectivity index (χ2v) is 7.67. The molecule has 2 fully saturated rings. The zero-order valence-electron chi connectivity index (χ0n) is 15.4. The summed E-state index contributed by atoms with van der Waals surface area (Å²) in [5.74, 6) is 13.2. The normalized spacial score (nSPS) is 20.8. The highest BCUT2D eigenvalue weighted by atomic mass is 16.1. The van der Waals surface area contributed by atoms with Crippen molar-refractivity contribution in [2.75, 3.05) is 26.2 Å². The maximum atomic E-state index is 11.4. The van der Waals surface area contributed by atoms with Crippen LogP contribution in [0.1, 0.15) is 53.4 Å². The van der Waals surface area contributed by atoms with Crippen molar-refractivity contribution in [1.82, 2.24) is 9.80 Å². The van der Waals surface area contributed by atoms with Crippen molar-refractivity contribution in [1.29, 1.82) is 0 Å². The maximum Gasteiger partial charge on any atom is 0.135 e. The number of likely N-dealkylation sites (tertiary alicyclic amines) is 2. The molecule has 2 aliphatic heterocycles. The van der Waals surface area contributed by atoms with Crippen molar-refractivity contribution in [2.45, 2.75) is 64.5 Å². The second kappa shape index (κ2) is 7.51. The molecule has 0 saturated carbocycles. The summed E-state index contributed by atoms with van der Waals surface area (Å²) in [4.78, 5) is 27.2. The first kappa shape index (κ1) is 18.7. The highest BCUT2D eigenvalue weighted by Crippen LogP contribution is 2.19. The molecule has 4 nitrogen and oxygen atoms in total. The number of hydrogen-bond donors (Lipinski definition) is 0. The second-order valence-electron chi connectivity index (χ2n) is 7.67. The average molecular weight is 328 g/mol. The number of Topliss-reactive ketones (excluding diaryl/α,β-unsaturated/α-hetero) is 2. The molecule has 2 rings (SSSR count). The van der Waals surface area contributed by atoms with Crippen LogP contribution in [0.2, 0.25) is 0 Å². The third-order valence-corrected chi connectivity index (χ3v) is 5.02.